The number of phenolic OH excluding ortho intramolecular Hbond substituents is 1. The van der Waals surface area contributed by atoms with Gasteiger partial charge >= 0.3 is 0 Å². The molecule has 1 aliphatic heterocycles. The molecule has 0 bridgehead atoms. The van der Waals surface area contributed by atoms with Crippen molar-refractivity contribution in [3.05, 3.63) is 27.7 Å². The molecular weight excluding hydrogens is 330 g/mol. The van der Waals surface area contributed by atoms with Crippen molar-refractivity contribution >= 4 is 48.0 Å². The van der Waals surface area contributed by atoms with Crippen LogP contribution in [0.15, 0.2) is 12.1 Å². The second-order valence-corrected chi connectivity index (χ2v) is 5.13. The highest BCUT2D eigenvalue weighted by molar-refractivity contribution is 6.35. The molecule has 3 nitrogen and oxygen atoms in total. The number of piperazine rings is 1. The Labute approximate surface area is 136 Å². The summed E-state index contributed by atoms with van der Waals surface area (Å²) in [5.74, 6) is 0.175. The third-order valence-electron chi connectivity index (χ3n) is 3.19. The Morgan fingerprint density at radius 2 is 1.79 bits per heavy atom. The first-order chi connectivity index (χ1) is 8.09. The molecule has 1 aliphatic rings. The number of aromatic hydroxyl groups is 1. The zero-order chi connectivity index (χ0) is 12.4. The Morgan fingerprint density at radius 1 is 1.21 bits per heavy atom. The Kier molecular flexibility index (Phi) is 8.45. The van der Waals surface area contributed by atoms with Gasteiger partial charge in [0.15, 0.2) is 0 Å². The molecule has 2 rings (SSSR count). The van der Waals surface area contributed by atoms with Crippen LogP contribution in [-0.4, -0.2) is 36.2 Å². The van der Waals surface area contributed by atoms with Gasteiger partial charge < -0.3 is 10.4 Å². The molecule has 110 valence electrons. The second kappa shape index (κ2) is 8.40. The molecule has 1 aromatic carbocycles. The molecule has 1 saturated heterocycles. The van der Waals surface area contributed by atoms with Crippen molar-refractivity contribution in [2.75, 3.05) is 26.2 Å². The first-order valence-electron chi connectivity index (χ1n) is 5.72. The number of benzene rings is 1. The molecule has 1 atom stereocenters. The molecule has 19 heavy (non-hydrogen) atoms. The van der Waals surface area contributed by atoms with Gasteiger partial charge in [0.2, 0.25) is 0 Å². The monoisotopic (exact) mass is 346 g/mol. The van der Waals surface area contributed by atoms with Gasteiger partial charge in [-0.25, -0.2) is 0 Å². The molecule has 1 heterocycles. The van der Waals surface area contributed by atoms with E-state index in [4.69, 9.17) is 23.2 Å². The van der Waals surface area contributed by atoms with Gasteiger partial charge in [0, 0.05) is 42.8 Å². The molecule has 7 heteroatoms. The number of phenols is 1. The molecule has 0 aromatic heterocycles. The van der Waals surface area contributed by atoms with E-state index in [2.05, 4.69) is 17.1 Å². The van der Waals surface area contributed by atoms with Crippen LogP contribution in [0.3, 0.4) is 0 Å². The van der Waals surface area contributed by atoms with Crippen LogP contribution in [0.5, 0.6) is 5.75 Å². The lowest BCUT2D eigenvalue weighted by atomic mass is 10.0. The summed E-state index contributed by atoms with van der Waals surface area (Å²) in [7, 11) is 0. The Bertz CT molecular complexity index is 388. The van der Waals surface area contributed by atoms with E-state index in [1.165, 1.54) is 0 Å². The van der Waals surface area contributed by atoms with Gasteiger partial charge in [-0.3, -0.25) is 4.90 Å². The first kappa shape index (κ1) is 19.1. The van der Waals surface area contributed by atoms with Crippen molar-refractivity contribution in [3.63, 3.8) is 0 Å². The van der Waals surface area contributed by atoms with Crippen LogP contribution in [0.25, 0.3) is 0 Å². The zero-order valence-corrected chi connectivity index (χ0v) is 13.7. The molecule has 2 N–H and O–H groups in total. The summed E-state index contributed by atoms with van der Waals surface area (Å²) < 4.78 is 0. The molecule has 0 amide bonds. The van der Waals surface area contributed by atoms with E-state index >= 15 is 0 Å². The minimum Gasteiger partial charge on any atom is -0.508 e. The standard InChI is InChI=1S/C12H16Cl2N2O.2ClH/c1-8(16-4-2-15-3-5-16)12-10(14)6-9(13)7-11(12)17;;/h6-8,15,17H,2-5H2,1H3;2*1H/t8-;;/m0../s1. The number of hydrogen-bond donors (Lipinski definition) is 2. The molecule has 0 radical (unpaired) electrons. The van der Waals surface area contributed by atoms with Crippen molar-refractivity contribution in [1.29, 1.82) is 0 Å². The predicted molar refractivity (Wildman–Crippen MR) is 85.5 cm³/mol. The van der Waals surface area contributed by atoms with E-state index in [-0.39, 0.29) is 36.6 Å². The smallest absolute Gasteiger partial charge is 0.123 e. The lowest BCUT2D eigenvalue weighted by Crippen LogP contribution is -2.44. The predicted octanol–water partition coefficient (Wildman–Crippen LogP) is 3.51. The van der Waals surface area contributed by atoms with E-state index in [0.29, 0.717) is 10.0 Å². The number of halogens is 4. The molecule has 0 saturated carbocycles. The van der Waals surface area contributed by atoms with Gasteiger partial charge in [0.25, 0.3) is 0 Å². The summed E-state index contributed by atoms with van der Waals surface area (Å²) in [6.07, 6.45) is 0. The van der Waals surface area contributed by atoms with Crippen LogP contribution in [-0.2, 0) is 0 Å². The van der Waals surface area contributed by atoms with Crippen molar-refractivity contribution in [2.45, 2.75) is 13.0 Å². The van der Waals surface area contributed by atoms with E-state index < -0.39 is 0 Å². The van der Waals surface area contributed by atoms with Crippen LogP contribution >= 0.6 is 48.0 Å². The van der Waals surface area contributed by atoms with Gasteiger partial charge in [-0.05, 0) is 19.1 Å². The molecule has 0 spiro atoms. The summed E-state index contributed by atoms with van der Waals surface area (Å²) in [5, 5.41) is 14.3. The fourth-order valence-electron chi connectivity index (χ4n) is 2.24. The van der Waals surface area contributed by atoms with Crippen molar-refractivity contribution in [1.82, 2.24) is 10.2 Å². The second-order valence-electron chi connectivity index (χ2n) is 4.28. The van der Waals surface area contributed by atoms with Crippen molar-refractivity contribution in [2.24, 2.45) is 0 Å². The topological polar surface area (TPSA) is 35.5 Å². The highest BCUT2D eigenvalue weighted by atomic mass is 35.5. The van der Waals surface area contributed by atoms with E-state index in [9.17, 15) is 5.11 Å². The van der Waals surface area contributed by atoms with Gasteiger partial charge in [-0.15, -0.1) is 24.8 Å². The van der Waals surface area contributed by atoms with Crippen LogP contribution in [0.2, 0.25) is 10.0 Å². The summed E-state index contributed by atoms with van der Waals surface area (Å²) in [5.41, 5.74) is 0.762. The zero-order valence-electron chi connectivity index (χ0n) is 10.5. The Balaban J connectivity index is 0.00000162. The minimum absolute atomic E-state index is 0. The molecule has 0 aliphatic carbocycles. The summed E-state index contributed by atoms with van der Waals surface area (Å²) in [6.45, 7) is 5.91. The summed E-state index contributed by atoms with van der Waals surface area (Å²) in [6, 6.07) is 3.32. The Hall–Kier alpha value is 0.1000. The van der Waals surface area contributed by atoms with Crippen LogP contribution in [0.1, 0.15) is 18.5 Å². The largest absolute Gasteiger partial charge is 0.508 e. The number of nitrogens with zero attached hydrogens (tertiary/aromatic N) is 1. The van der Waals surface area contributed by atoms with Crippen LogP contribution in [0, 0.1) is 0 Å². The highest BCUT2D eigenvalue weighted by Crippen LogP contribution is 2.37. The number of rotatable bonds is 2. The quantitative estimate of drug-likeness (QED) is 0.859. The van der Waals surface area contributed by atoms with E-state index in [1.54, 1.807) is 12.1 Å². The summed E-state index contributed by atoms with van der Waals surface area (Å²) >= 11 is 12.0. The maximum absolute atomic E-state index is 9.96. The average molecular weight is 348 g/mol. The molecule has 1 aromatic rings. The number of nitrogens with one attached hydrogen (secondary N) is 1. The van der Waals surface area contributed by atoms with Crippen molar-refractivity contribution < 1.29 is 5.11 Å². The van der Waals surface area contributed by atoms with Gasteiger partial charge in [0.05, 0.1) is 5.02 Å². The fourth-order valence-corrected chi connectivity index (χ4v) is 2.88. The van der Waals surface area contributed by atoms with E-state index in [1.807, 2.05) is 0 Å². The third-order valence-corrected chi connectivity index (χ3v) is 3.72. The lowest BCUT2D eigenvalue weighted by molar-refractivity contribution is 0.183. The van der Waals surface area contributed by atoms with Gasteiger partial charge in [-0.1, -0.05) is 23.2 Å². The van der Waals surface area contributed by atoms with Crippen molar-refractivity contribution in [3.8, 4) is 5.75 Å². The third kappa shape index (κ3) is 4.55. The van der Waals surface area contributed by atoms with Crippen LogP contribution < -0.4 is 5.32 Å². The SMILES string of the molecule is C[C@@H](c1c(O)cc(Cl)cc1Cl)N1CCNCC1.Cl.Cl. The molecular formula is C12H18Cl4N2O. The first-order valence-corrected chi connectivity index (χ1v) is 6.48. The lowest BCUT2D eigenvalue weighted by Gasteiger charge is -2.33. The minimum atomic E-state index is 0. The molecule has 0 unspecified atom stereocenters. The van der Waals surface area contributed by atoms with Gasteiger partial charge in [-0.2, -0.15) is 0 Å². The van der Waals surface area contributed by atoms with Crippen LogP contribution in [0.4, 0.5) is 0 Å². The maximum Gasteiger partial charge on any atom is 0.123 e. The number of hydrogen-bond acceptors (Lipinski definition) is 3. The average Bonchev–Trinajstić information content (AvgIpc) is 2.28. The van der Waals surface area contributed by atoms with E-state index in [0.717, 1.165) is 31.7 Å². The molecule has 1 fully saturated rings. The summed E-state index contributed by atoms with van der Waals surface area (Å²) in [4.78, 5) is 2.30. The Morgan fingerprint density at radius 3 is 2.32 bits per heavy atom. The normalized spacial score (nSPS) is 17.2. The highest BCUT2D eigenvalue weighted by Gasteiger charge is 2.22. The maximum atomic E-state index is 9.96. The van der Waals surface area contributed by atoms with Gasteiger partial charge in [0.1, 0.15) is 5.75 Å². The fraction of sp³-hybridized carbons (Fsp3) is 0.500.